The molecule has 1 aliphatic carbocycles. The van der Waals surface area contributed by atoms with Gasteiger partial charge in [-0.2, -0.15) is 0 Å². The molecule has 0 aromatic carbocycles. The third-order valence-corrected chi connectivity index (χ3v) is 3.66. The first kappa shape index (κ1) is 10.4. The van der Waals surface area contributed by atoms with Crippen molar-refractivity contribution in [2.45, 2.75) is 57.6 Å². The Labute approximate surface area is 87.6 Å². The van der Waals surface area contributed by atoms with Crippen LogP contribution in [0.5, 0.6) is 0 Å². The van der Waals surface area contributed by atoms with Crippen molar-refractivity contribution in [3.8, 4) is 0 Å². The van der Waals surface area contributed by atoms with Gasteiger partial charge in [-0.15, -0.1) is 0 Å². The van der Waals surface area contributed by atoms with Crippen LogP contribution in [0.1, 0.15) is 45.4 Å². The molecule has 2 heteroatoms. The van der Waals surface area contributed by atoms with E-state index in [1.54, 1.807) is 0 Å². The Kier molecular flexibility index (Phi) is 3.82. The second kappa shape index (κ2) is 5.13. The van der Waals surface area contributed by atoms with Crippen molar-refractivity contribution in [1.82, 2.24) is 4.90 Å². The summed E-state index contributed by atoms with van der Waals surface area (Å²) in [5.74, 6) is 0. The topological polar surface area (TPSA) is 12.5 Å². The van der Waals surface area contributed by atoms with Crippen LogP contribution in [0, 0.1) is 0 Å². The van der Waals surface area contributed by atoms with Crippen molar-refractivity contribution in [2.75, 3.05) is 19.7 Å². The number of rotatable bonds is 3. The van der Waals surface area contributed by atoms with Crippen molar-refractivity contribution in [3.05, 3.63) is 0 Å². The van der Waals surface area contributed by atoms with Gasteiger partial charge in [0.15, 0.2) is 0 Å². The molecule has 82 valence electrons. The summed E-state index contributed by atoms with van der Waals surface area (Å²) in [6, 6.07) is 0.742. The smallest absolute Gasteiger partial charge is 0.0730 e. The second-order valence-corrected chi connectivity index (χ2v) is 4.59. The zero-order valence-electron chi connectivity index (χ0n) is 9.37. The van der Waals surface area contributed by atoms with Crippen LogP contribution in [0.3, 0.4) is 0 Å². The highest BCUT2D eigenvalue weighted by molar-refractivity contribution is 4.86. The average molecular weight is 197 g/mol. The van der Waals surface area contributed by atoms with Gasteiger partial charge in [-0.25, -0.2) is 0 Å². The standard InChI is InChI=1S/C12H23NO/c1-2-14-12-8-4-3-7-11(12)13-9-5-6-10-13/h11-12H,2-10H2,1H3/t11?,12-/m0/s1. The highest BCUT2D eigenvalue weighted by Gasteiger charge is 2.31. The van der Waals surface area contributed by atoms with E-state index in [4.69, 9.17) is 4.74 Å². The number of nitrogens with zero attached hydrogens (tertiary/aromatic N) is 1. The van der Waals surface area contributed by atoms with Gasteiger partial charge in [0.05, 0.1) is 6.10 Å². The van der Waals surface area contributed by atoms with E-state index in [2.05, 4.69) is 11.8 Å². The fraction of sp³-hybridized carbons (Fsp3) is 1.00. The summed E-state index contributed by atoms with van der Waals surface area (Å²) >= 11 is 0. The Morgan fingerprint density at radius 3 is 2.50 bits per heavy atom. The minimum atomic E-state index is 0.534. The molecule has 0 aromatic heterocycles. The molecule has 2 fully saturated rings. The molecule has 0 N–H and O–H groups in total. The van der Waals surface area contributed by atoms with Crippen molar-refractivity contribution in [1.29, 1.82) is 0 Å². The summed E-state index contributed by atoms with van der Waals surface area (Å²) in [7, 11) is 0. The van der Waals surface area contributed by atoms with Gasteiger partial charge in [-0.05, 0) is 45.7 Å². The van der Waals surface area contributed by atoms with Crippen LogP contribution in [0.2, 0.25) is 0 Å². The minimum absolute atomic E-state index is 0.534. The molecule has 1 unspecified atom stereocenters. The fourth-order valence-corrected chi connectivity index (χ4v) is 2.98. The lowest BCUT2D eigenvalue weighted by molar-refractivity contribution is -0.0248. The molecule has 1 saturated carbocycles. The van der Waals surface area contributed by atoms with E-state index in [9.17, 15) is 0 Å². The van der Waals surface area contributed by atoms with Gasteiger partial charge in [0, 0.05) is 12.6 Å². The number of hydrogen-bond acceptors (Lipinski definition) is 2. The fourth-order valence-electron chi connectivity index (χ4n) is 2.98. The van der Waals surface area contributed by atoms with Gasteiger partial charge in [0.2, 0.25) is 0 Å². The Balaban J connectivity index is 1.91. The van der Waals surface area contributed by atoms with Crippen molar-refractivity contribution >= 4 is 0 Å². The average Bonchev–Trinajstić information content (AvgIpc) is 2.72. The van der Waals surface area contributed by atoms with Gasteiger partial charge in [0.1, 0.15) is 0 Å². The summed E-state index contributed by atoms with van der Waals surface area (Å²) < 4.78 is 5.87. The molecule has 0 aromatic rings. The Bertz CT molecular complexity index is 164. The minimum Gasteiger partial charge on any atom is -0.377 e. The third kappa shape index (κ3) is 2.29. The molecular weight excluding hydrogens is 174 g/mol. The van der Waals surface area contributed by atoms with E-state index in [1.165, 1.54) is 51.6 Å². The summed E-state index contributed by atoms with van der Waals surface area (Å²) in [5.41, 5.74) is 0. The SMILES string of the molecule is CCO[C@H]1CCCCC1N1CCCC1. The predicted molar refractivity (Wildman–Crippen MR) is 58.5 cm³/mol. The lowest BCUT2D eigenvalue weighted by Crippen LogP contribution is -2.45. The molecule has 1 saturated heterocycles. The maximum atomic E-state index is 5.87. The van der Waals surface area contributed by atoms with Crippen LogP contribution in [0.15, 0.2) is 0 Å². The van der Waals surface area contributed by atoms with E-state index < -0.39 is 0 Å². The number of ether oxygens (including phenoxy) is 1. The Morgan fingerprint density at radius 1 is 1.07 bits per heavy atom. The van der Waals surface area contributed by atoms with Crippen molar-refractivity contribution < 1.29 is 4.74 Å². The third-order valence-electron chi connectivity index (χ3n) is 3.66. The maximum absolute atomic E-state index is 5.87. The van der Waals surface area contributed by atoms with Crippen molar-refractivity contribution in [2.24, 2.45) is 0 Å². The summed E-state index contributed by atoms with van der Waals surface area (Å²) in [4.78, 5) is 2.67. The van der Waals surface area contributed by atoms with Crippen LogP contribution in [-0.4, -0.2) is 36.7 Å². The Morgan fingerprint density at radius 2 is 1.79 bits per heavy atom. The van der Waals surface area contributed by atoms with Crippen LogP contribution < -0.4 is 0 Å². The van der Waals surface area contributed by atoms with Crippen LogP contribution in [0.4, 0.5) is 0 Å². The first-order valence-corrected chi connectivity index (χ1v) is 6.27. The first-order chi connectivity index (χ1) is 6.92. The molecule has 1 aliphatic heterocycles. The van der Waals surface area contributed by atoms with Gasteiger partial charge in [0.25, 0.3) is 0 Å². The molecule has 0 spiro atoms. The number of hydrogen-bond donors (Lipinski definition) is 0. The van der Waals surface area contributed by atoms with Gasteiger partial charge in [-0.3, -0.25) is 4.90 Å². The van der Waals surface area contributed by atoms with E-state index >= 15 is 0 Å². The quantitative estimate of drug-likeness (QED) is 0.689. The molecule has 2 atom stereocenters. The maximum Gasteiger partial charge on any atom is 0.0730 e. The van der Waals surface area contributed by atoms with E-state index in [1.807, 2.05) is 0 Å². The lowest BCUT2D eigenvalue weighted by Gasteiger charge is -2.37. The normalized spacial score (nSPS) is 34.9. The predicted octanol–water partition coefficient (Wildman–Crippen LogP) is 2.43. The van der Waals surface area contributed by atoms with Gasteiger partial charge >= 0.3 is 0 Å². The van der Waals surface area contributed by atoms with Crippen LogP contribution >= 0.6 is 0 Å². The molecule has 2 rings (SSSR count). The molecule has 0 amide bonds. The largest absolute Gasteiger partial charge is 0.377 e. The lowest BCUT2D eigenvalue weighted by atomic mass is 9.91. The molecular formula is C12H23NO. The van der Waals surface area contributed by atoms with E-state index in [0.717, 1.165) is 12.6 Å². The summed E-state index contributed by atoms with van der Waals surface area (Å²) in [5, 5.41) is 0. The molecule has 0 radical (unpaired) electrons. The second-order valence-electron chi connectivity index (χ2n) is 4.59. The zero-order chi connectivity index (χ0) is 9.80. The van der Waals surface area contributed by atoms with Gasteiger partial charge < -0.3 is 4.74 Å². The molecule has 2 nitrogen and oxygen atoms in total. The van der Waals surface area contributed by atoms with Crippen molar-refractivity contribution in [3.63, 3.8) is 0 Å². The molecule has 1 heterocycles. The zero-order valence-corrected chi connectivity index (χ0v) is 9.37. The monoisotopic (exact) mass is 197 g/mol. The molecule has 0 bridgehead atoms. The summed E-state index contributed by atoms with van der Waals surface area (Å²) in [6.45, 7) is 5.63. The van der Waals surface area contributed by atoms with E-state index in [0.29, 0.717) is 6.10 Å². The Hall–Kier alpha value is -0.0800. The van der Waals surface area contributed by atoms with Crippen LogP contribution in [-0.2, 0) is 4.74 Å². The molecule has 14 heavy (non-hydrogen) atoms. The van der Waals surface area contributed by atoms with E-state index in [-0.39, 0.29) is 0 Å². The highest BCUT2D eigenvalue weighted by Crippen LogP contribution is 2.27. The summed E-state index contributed by atoms with van der Waals surface area (Å²) in [6.07, 6.45) is 8.76. The first-order valence-electron chi connectivity index (χ1n) is 6.27. The van der Waals surface area contributed by atoms with Gasteiger partial charge in [-0.1, -0.05) is 12.8 Å². The highest BCUT2D eigenvalue weighted by atomic mass is 16.5. The number of likely N-dealkylation sites (tertiary alicyclic amines) is 1. The van der Waals surface area contributed by atoms with Crippen LogP contribution in [0.25, 0.3) is 0 Å². The molecule has 2 aliphatic rings.